The van der Waals surface area contributed by atoms with E-state index >= 15 is 0 Å². The van der Waals surface area contributed by atoms with Gasteiger partial charge in [-0.25, -0.2) is 13.1 Å². The maximum absolute atomic E-state index is 12.1. The highest BCUT2D eigenvalue weighted by molar-refractivity contribution is 7.89. The molecule has 0 amide bonds. The summed E-state index contributed by atoms with van der Waals surface area (Å²) in [7, 11) is -4.10. The van der Waals surface area contributed by atoms with Crippen molar-refractivity contribution in [2.75, 3.05) is 12.3 Å². The van der Waals surface area contributed by atoms with Crippen LogP contribution in [-0.2, 0) is 22.0 Å². The van der Waals surface area contributed by atoms with Crippen LogP contribution in [0.2, 0.25) is 0 Å². The van der Waals surface area contributed by atoms with E-state index in [0.717, 1.165) is 0 Å². The molecule has 0 aromatic carbocycles. The molecule has 1 aliphatic carbocycles. The summed E-state index contributed by atoms with van der Waals surface area (Å²) in [6.45, 7) is -0.361. The van der Waals surface area contributed by atoms with Crippen LogP contribution < -0.4 is 4.72 Å². The van der Waals surface area contributed by atoms with Crippen LogP contribution in [0.25, 0.3) is 0 Å². The van der Waals surface area contributed by atoms with Crippen molar-refractivity contribution in [2.24, 2.45) is 0 Å². The van der Waals surface area contributed by atoms with Gasteiger partial charge >= 0.3 is 6.18 Å². The lowest BCUT2D eigenvalue weighted by Crippen LogP contribution is -2.43. The maximum atomic E-state index is 12.1. The monoisotopic (exact) mass is 327 g/mol. The van der Waals surface area contributed by atoms with Crippen LogP contribution in [0.4, 0.5) is 13.2 Å². The molecule has 9 heteroatoms. The van der Waals surface area contributed by atoms with Gasteiger partial charge in [0.05, 0.1) is 18.4 Å². The van der Waals surface area contributed by atoms with Gasteiger partial charge in [0.1, 0.15) is 11.4 Å². The van der Waals surface area contributed by atoms with Crippen LogP contribution in [0.3, 0.4) is 0 Å². The number of aryl methyl sites for hydroxylation is 1. The fourth-order valence-corrected chi connectivity index (χ4v) is 3.46. The number of furan rings is 1. The Morgan fingerprint density at radius 3 is 2.81 bits per heavy atom. The fraction of sp³-hybridized carbons (Fsp3) is 0.667. The summed E-state index contributed by atoms with van der Waals surface area (Å²) < 4.78 is 66.5. The highest BCUT2D eigenvalue weighted by atomic mass is 32.2. The Labute approximate surface area is 120 Å². The number of hydrogen-bond acceptors (Lipinski definition) is 4. The van der Waals surface area contributed by atoms with Gasteiger partial charge in [-0.05, 0) is 18.9 Å². The molecule has 2 rings (SSSR count). The van der Waals surface area contributed by atoms with Crippen molar-refractivity contribution >= 4 is 10.0 Å². The van der Waals surface area contributed by atoms with Gasteiger partial charge < -0.3 is 9.52 Å². The first kappa shape index (κ1) is 16.3. The smallest absolute Gasteiger partial charge is 0.390 e. The van der Waals surface area contributed by atoms with Gasteiger partial charge in [0.2, 0.25) is 10.0 Å². The number of halogens is 3. The van der Waals surface area contributed by atoms with E-state index in [9.17, 15) is 26.7 Å². The lowest BCUT2D eigenvalue weighted by molar-refractivity contribution is -0.130. The van der Waals surface area contributed by atoms with Crippen molar-refractivity contribution in [3.8, 4) is 0 Å². The highest BCUT2D eigenvalue weighted by Crippen LogP contribution is 2.35. The van der Waals surface area contributed by atoms with Gasteiger partial charge in [-0.3, -0.25) is 0 Å². The molecule has 1 heterocycles. The molecule has 2 N–H and O–H groups in total. The Kier molecular flexibility index (Phi) is 4.36. The first-order valence-electron chi connectivity index (χ1n) is 6.45. The van der Waals surface area contributed by atoms with E-state index in [-0.39, 0.29) is 6.54 Å². The summed E-state index contributed by atoms with van der Waals surface area (Å²) in [5.41, 5.74) is -0.946. The quantitative estimate of drug-likeness (QED) is 0.862. The van der Waals surface area contributed by atoms with Crippen molar-refractivity contribution in [1.29, 1.82) is 0 Å². The number of rotatable bonds is 5. The van der Waals surface area contributed by atoms with E-state index in [0.29, 0.717) is 30.6 Å². The summed E-state index contributed by atoms with van der Waals surface area (Å²) in [6.07, 6.45) is -2.97. The van der Waals surface area contributed by atoms with E-state index in [1.807, 2.05) is 0 Å². The molecular weight excluding hydrogens is 311 g/mol. The van der Waals surface area contributed by atoms with Crippen molar-refractivity contribution in [1.82, 2.24) is 4.72 Å². The first-order valence-corrected chi connectivity index (χ1v) is 8.10. The van der Waals surface area contributed by atoms with Gasteiger partial charge in [-0.2, -0.15) is 13.2 Å². The van der Waals surface area contributed by atoms with E-state index < -0.39 is 34.0 Å². The number of aliphatic hydroxyl groups is 1. The van der Waals surface area contributed by atoms with Gasteiger partial charge in [0.15, 0.2) is 0 Å². The Bertz CT molecular complexity index is 596. The molecule has 0 saturated carbocycles. The SMILES string of the molecule is O=S(=O)(CCC(F)(F)F)NCC1(O)CCCc2occc21. The molecule has 0 spiro atoms. The summed E-state index contributed by atoms with van der Waals surface area (Å²) in [5.74, 6) is -0.469. The minimum atomic E-state index is -4.53. The van der Waals surface area contributed by atoms with Crippen molar-refractivity contribution in [2.45, 2.75) is 37.5 Å². The molecular formula is C12H16F3NO4S. The fourth-order valence-electron chi connectivity index (χ4n) is 2.36. The molecule has 0 aliphatic heterocycles. The van der Waals surface area contributed by atoms with Gasteiger partial charge in [0.25, 0.3) is 0 Å². The lowest BCUT2D eigenvalue weighted by atomic mass is 9.83. The number of alkyl halides is 3. The number of fused-ring (bicyclic) bond motifs is 1. The average Bonchev–Trinajstić information content (AvgIpc) is 2.84. The predicted octanol–water partition coefficient (Wildman–Crippen LogP) is 1.68. The average molecular weight is 327 g/mol. The number of nitrogens with one attached hydrogen (secondary N) is 1. The molecule has 1 aromatic heterocycles. The molecule has 1 aromatic rings. The van der Waals surface area contributed by atoms with Crippen LogP contribution in [0.15, 0.2) is 16.7 Å². The van der Waals surface area contributed by atoms with E-state index in [1.54, 1.807) is 6.07 Å². The molecule has 1 atom stereocenters. The second-order valence-electron chi connectivity index (χ2n) is 5.15. The maximum Gasteiger partial charge on any atom is 0.390 e. The van der Waals surface area contributed by atoms with Crippen molar-refractivity contribution in [3.05, 3.63) is 23.7 Å². The van der Waals surface area contributed by atoms with Crippen molar-refractivity contribution < 1.29 is 31.1 Å². The van der Waals surface area contributed by atoms with Crippen LogP contribution in [-0.4, -0.2) is 32.0 Å². The van der Waals surface area contributed by atoms with Crippen LogP contribution in [0.5, 0.6) is 0 Å². The zero-order chi connectivity index (χ0) is 15.7. The zero-order valence-electron chi connectivity index (χ0n) is 11.1. The number of hydrogen-bond donors (Lipinski definition) is 2. The van der Waals surface area contributed by atoms with Crippen LogP contribution in [0.1, 0.15) is 30.6 Å². The predicted molar refractivity (Wildman–Crippen MR) is 68.0 cm³/mol. The Balaban J connectivity index is 2.00. The standard InChI is InChI=1S/C12H16F3NO4S/c13-12(14,15)5-7-21(18,19)16-8-11(17)4-1-2-10-9(11)3-6-20-10/h3,6,16-17H,1-2,4-5,7-8H2. The second-order valence-corrected chi connectivity index (χ2v) is 7.07. The molecule has 5 nitrogen and oxygen atoms in total. The third-order valence-corrected chi connectivity index (χ3v) is 4.81. The van der Waals surface area contributed by atoms with E-state index in [4.69, 9.17) is 4.42 Å². The first-order chi connectivity index (χ1) is 9.61. The third kappa shape index (κ3) is 4.21. The third-order valence-electron chi connectivity index (χ3n) is 3.48. The molecule has 120 valence electrons. The van der Waals surface area contributed by atoms with Crippen LogP contribution in [0, 0.1) is 0 Å². The van der Waals surface area contributed by atoms with Gasteiger partial charge in [0, 0.05) is 18.5 Å². The molecule has 0 saturated heterocycles. The summed E-state index contributed by atoms with van der Waals surface area (Å²) in [6, 6.07) is 1.55. The Hall–Kier alpha value is -1.06. The van der Waals surface area contributed by atoms with Crippen molar-refractivity contribution in [3.63, 3.8) is 0 Å². The van der Waals surface area contributed by atoms with E-state index in [1.165, 1.54) is 6.26 Å². The Morgan fingerprint density at radius 2 is 2.14 bits per heavy atom. The summed E-state index contributed by atoms with van der Waals surface area (Å²) >= 11 is 0. The number of sulfonamides is 1. The highest BCUT2D eigenvalue weighted by Gasteiger charge is 2.37. The topological polar surface area (TPSA) is 79.5 Å². The largest absolute Gasteiger partial charge is 0.469 e. The van der Waals surface area contributed by atoms with Gasteiger partial charge in [-0.1, -0.05) is 0 Å². The molecule has 0 fully saturated rings. The second kappa shape index (κ2) is 5.62. The lowest BCUT2D eigenvalue weighted by Gasteiger charge is -2.31. The summed E-state index contributed by atoms with van der Waals surface area (Å²) in [5, 5.41) is 10.5. The minimum Gasteiger partial charge on any atom is -0.469 e. The van der Waals surface area contributed by atoms with Gasteiger partial charge in [-0.15, -0.1) is 0 Å². The van der Waals surface area contributed by atoms with Crippen LogP contribution >= 0.6 is 0 Å². The Morgan fingerprint density at radius 1 is 1.43 bits per heavy atom. The zero-order valence-corrected chi connectivity index (χ0v) is 11.9. The van der Waals surface area contributed by atoms with E-state index in [2.05, 4.69) is 4.72 Å². The normalized spacial score (nSPS) is 23.0. The molecule has 1 aliphatic rings. The molecule has 0 bridgehead atoms. The minimum absolute atomic E-state index is 0.321. The molecule has 0 radical (unpaired) electrons. The molecule has 21 heavy (non-hydrogen) atoms. The summed E-state index contributed by atoms with van der Waals surface area (Å²) in [4.78, 5) is 0. The molecule has 1 unspecified atom stereocenters.